The smallest absolute Gasteiger partial charge is 0.410 e. The van der Waals surface area contributed by atoms with Gasteiger partial charge in [-0.15, -0.1) is 0 Å². The summed E-state index contributed by atoms with van der Waals surface area (Å²) in [5.41, 5.74) is 0.355. The second-order valence-electron chi connectivity index (χ2n) is 9.86. The number of aryl methyl sites for hydroxylation is 1. The number of aromatic nitrogens is 2. The number of likely N-dealkylation sites (tertiary alicyclic amines) is 1. The Kier molecular flexibility index (Phi) is 6.16. The van der Waals surface area contributed by atoms with Crippen LogP contribution in [0.2, 0.25) is 0 Å². The number of carbonyl (C=O) groups excluding carboxylic acids is 1. The predicted molar refractivity (Wildman–Crippen MR) is 120 cm³/mol. The molecule has 7 nitrogen and oxygen atoms in total. The first kappa shape index (κ1) is 23.2. The van der Waals surface area contributed by atoms with Gasteiger partial charge in [0.1, 0.15) is 17.7 Å². The lowest BCUT2D eigenvalue weighted by Gasteiger charge is -2.33. The van der Waals surface area contributed by atoms with Crippen LogP contribution in [0.4, 0.5) is 25.1 Å². The Labute approximate surface area is 192 Å². The van der Waals surface area contributed by atoms with E-state index in [2.05, 4.69) is 15.3 Å². The second kappa shape index (κ2) is 8.76. The third-order valence-corrected chi connectivity index (χ3v) is 6.28. The van der Waals surface area contributed by atoms with E-state index < -0.39 is 17.2 Å². The number of hydrogen-bond acceptors (Lipinski definition) is 6. The number of anilines is 2. The monoisotopic (exact) mass is 460 g/mol. The highest BCUT2D eigenvalue weighted by Crippen LogP contribution is 2.58. The zero-order chi connectivity index (χ0) is 23.8. The summed E-state index contributed by atoms with van der Waals surface area (Å²) in [7, 11) is 0. The molecule has 178 valence electrons. The molecule has 1 N–H and O–H groups in total. The van der Waals surface area contributed by atoms with Crippen molar-refractivity contribution in [3.63, 3.8) is 0 Å². The van der Waals surface area contributed by atoms with Crippen LogP contribution in [-0.2, 0) is 11.2 Å². The van der Waals surface area contributed by atoms with E-state index in [1.54, 1.807) is 17.0 Å². The van der Waals surface area contributed by atoms with E-state index in [1.165, 1.54) is 12.4 Å². The average Bonchev–Trinajstić information content (AvgIpc) is 3.48. The molecule has 2 unspecified atom stereocenters. The summed E-state index contributed by atoms with van der Waals surface area (Å²) in [5, 5.41) is 2.69. The molecule has 1 aromatic carbocycles. The number of rotatable bonds is 6. The van der Waals surface area contributed by atoms with Crippen LogP contribution in [0.15, 0.2) is 24.5 Å². The van der Waals surface area contributed by atoms with Crippen molar-refractivity contribution < 1.29 is 23.0 Å². The molecule has 0 bridgehead atoms. The average molecular weight is 461 g/mol. The molecule has 33 heavy (non-hydrogen) atoms. The topological polar surface area (TPSA) is 76.6 Å². The molecule has 2 atom stereocenters. The number of carbonyl (C=O) groups is 1. The van der Waals surface area contributed by atoms with Crippen molar-refractivity contribution in [2.75, 3.05) is 25.0 Å². The van der Waals surface area contributed by atoms with Gasteiger partial charge in [0.15, 0.2) is 5.82 Å². The van der Waals surface area contributed by atoms with Crippen LogP contribution >= 0.6 is 0 Å². The molecule has 1 aromatic heterocycles. The van der Waals surface area contributed by atoms with Gasteiger partial charge in [-0.1, -0.05) is 13.0 Å². The number of nitrogens with zero attached hydrogens (tertiary/aromatic N) is 3. The SMILES string of the molecule is CCc1ccc(Nc2ncnc(OCC34CCN(C(=O)OC(C)(C)C)CC3C4)c2F)c(F)c1. The molecular formula is C24H30F2N4O3. The summed E-state index contributed by atoms with van der Waals surface area (Å²) < 4.78 is 40.4. The van der Waals surface area contributed by atoms with E-state index in [1.807, 2.05) is 27.7 Å². The van der Waals surface area contributed by atoms with Gasteiger partial charge < -0.3 is 19.7 Å². The maximum Gasteiger partial charge on any atom is 0.410 e. The third-order valence-electron chi connectivity index (χ3n) is 6.28. The second-order valence-corrected chi connectivity index (χ2v) is 9.86. The highest BCUT2D eigenvalue weighted by molar-refractivity contribution is 5.68. The Morgan fingerprint density at radius 1 is 1.30 bits per heavy atom. The quantitative estimate of drug-likeness (QED) is 0.647. The van der Waals surface area contributed by atoms with Crippen LogP contribution in [-0.4, -0.2) is 46.3 Å². The van der Waals surface area contributed by atoms with Crippen LogP contribution in [0.25, 0.3) is 0 Å². The standard InChI is InChI=1S/C24H30F2N4O3/c1-5-15-6-7-18(17(25)10-15)29-20-19(26)21(28-14-27-20)32-13-24-8-9-30(12-16(24)11-24)22(31)33-23(2,3)4/h6-7,10,14,16H,5,8-9,11-13H2,1-4H3,(H,27,28,29). The van der Waals surface area contributed by atoms with Gasteiger partial charge in [-0.25, -0.2) is 14.2 Å². The Balaban J connectivity index is 1.36. The third kappa shape index (κ3) is 5.17. The molecule has 1 saturated heterocycles. The van der Waals surface area contributed by atoms with Gasteiger partial charge in [0.25, 0.3) is 5.88 Å². The van der Waals surface area contributed by atoms with Gasteiger partial charge in [-0.2, -0.15) is 9.37 Å². The summed E-state index contributed by atoms with van der Waals surface area (Å²) in [4.78, 5) is 21.9. The number of fused-ring (bicyclic) bond motifs is 1. The van der Waals surface area contributed by atoms with Crippen LogP contribution in [0.5, 0.6) is 5.88 Å². The number of hydrogen-bond donors (Lipinski definition) is 1. The van der Waals surface area contributed by atoms with Crippen LogP contribution < -0.4 is 10.1 Å². The number of benzene rings is 1. The van der Waals surface area contributed by atoms with Gasteiger partial charge in [0, 0.05) is 18.5 Å². The fourth-order valence-electron chi connectivity index (χ4n) is 4.21. The number of nitrogens with one attached hydrogen (secondary N) is 1. The fourth-order valence-corrected chi connectivity index (χ4v) is 4.21. The molecule has 2 fully saturated rings. The van der Waals surface area contributed by atoms with E-state index in [4.69, 9.17) is 9.47 Å². The molecule has 2 heterocycles. The van der Waals surface area contributed by atoms with Crippen molar-refractivity contribution in [3.05, 3.63) is 41.7 Å². The van der Waals surface area contributed by atoms with Crippen LogP contribution in [0.1, 0.15) is 46.1 Å². The van der Waals surface area contributed by atoms with Crippen molar-refractivity contribution in [3.8, 4) is 5.88 Å². The zero-order valence-corrected chi connectivity index (χ0v) is 19.5. The van der Waals surface area contributed by atoms with Gasteiger partial charge in [0.2, 0.25) is 5.82 Å². The van der Waals surface area contributed by atoms with Crippen molar-refractivity contribution in [1.82, 2.24) is 14.9 Å². The minimum Gasteiger partial charge on any atom is -0.475 e. The van der Waals surface area contributed by atoms with E-state index >= 15 is 0 Å². The number of halogens is 2. The van der Waals surface area contributed by atoms with Crippen molar-refractivity contribution in [2.45, 2.75) is 52.6 Å². The Morgan fingerprint density at radius 2 is 2.09 bits per heavy atom. The van der Waals surface area contributed by atoms with Crippen LogP contribution in [0.3, 0.4) is 0 Å². The molecule has 0 spiro atoms. The molecule has 1 aliphatic heterocycles. The first-order chi connectivity index (χ1) is 15.6. The highest BCUT2D eigenvalue weighted by Gasteiger charge is 2.58. The summed E-state index contributed by atoms with van der Waals surface area (Å²) >= 11 is 0. The van der Waals surface area contributed by atoms with Gasteiger partial charge >= 0.3 is 6.09 Å². The molecule has 0 radical (unpaired) electrons. The van der Waals surface area contributed by atoms with Gasteiger partial charge in [-0.3, -0.25) is 0 Å². The molecule has 9 heteroatoms. The molecule has 1 aliphatic carbocycles. The molecule has 1 amide bonds. The molecule has 2 aromatic rings. The van der Waals surface area contributed by atoms with E-state index in [9.17, 15) is 13.6 Å². The largest absolute Gasteiger partial charge is 0.475 e. The maximum absolute atomic E-state index is 14.9. The first-order valence-electron chi connectivity index (χ1n) is 11.3. The molecular weight excluding hydrogens is 430 g/mol. The van der Waals surface area contributed by atoms with E-state index in [0.717, 1.165) is 18.4 Å². The highest BCUT2D eigenvalue weighted by atomic mass is 19.1. The van der Waals surface area contributed by atoms with Gasteiger partial charge in [-0.05, 0) is 63.6 Å². The lowest BCUT2D eigenvalue weighted by Crippen LogP contribution is -2.43. The normalized spacial score (nSPS) is 21.9. The summed E-state index contributed by atoms with van der Waals surface area (Å²) in [6.07, 6.45) is 3.24. The Morgan fingerprint density at radius 3 is 2.76 bits per heavy atom. The Hall–Kier alpha value is -2.97. The predicted octanol–water partition coefficient (Wildman–Crippen LogP) is 5.09. The van der Waals surface area contributed by atoms with E-state index in [0.29, 0.717) is 26.1 Å². The number of ether oxygens (including phenoxy) is 2. The van der Waals surface area contributed by atoms with Crippen molar-refractivity contribution in [2.24, 2.45) is 11.3 Å². The summed E-state index contributed by atoms with van der Waals surface area (Å²) in [5.74, 6) is -1.28. The lowest BCUT2D eigenvalue weighted by atomic mass is 9.96. The molecule has 2 aliphatic rings. The lowest BCUT2D eigenvalue weighted by molar-refractivity contribution is 0.0154. The van der Waals surface area contributed by atoms with Crippen molar-refractivity contribution >= 4 is 17.6 Å². The van der Waals surface area contributed by atoms with Gasteiger partial charge in [0.05, 0.1) is 12.3 Å². The zero-order valence-electron chi connectivity index (χ0n) is 19.5. The minimum absolute atomic E-state index is 0.0917. The maximum atomic E-state index is 14.9. The first-order valence-corrected chi connectivity index (χ1v) is 11.3. The van der Waals surface area contributed by atoms with Crippen LogP contribution in [0, 0.1) is 23.0 Å². The van der Waals surface area contributed by atoms with E-state index in [-0.39, 0.29) is 34.8 Å². The summed E-state index contributed by atoms with van der Waals surface area (Å²) in [6, 6.07) is 4.75. The molecule has 4 rings (SSSR count). The number of piperidine rings is 1. The van der Waals surface area contributed by atoms with Crippen molar-refractivity contribution in [1.29, 1.82) is 0 Å². The summed E-state index contributed by atoms with van der Waals surface area (Å²) in [6.45, 7) is 8.94. The Bertz CT molecular complexity index is 1040. The molecule has 1 saturated carbocycles. The minimum atomic E-state index is -0.767. The fraction of sp³-hybridized carbons (Fsp3) is 0.542. The number of amides is 1.